The van der Waals surface area contributed by atoms with Crippen molar-refractivity contribution in [3.8, 4) is 0 Å². The number of hydrogen-bond donors (Lipinski definition) is 1. The summed E-state index contributed by atoms with van der Waals surface area (Å²) in [6, 6.07) is 11.3. The van der Waals surface area contributed by atoms with Gasteiger partial charge in [-0.1, -0.05) is 32.0 Å². The van der Waals surface area contributed by atoms with Crippen LogP contribution in [0.2, 0.25) is 0 Å². The van der Waals surface area contributed by atoms with Crippen molar-refractivity contribution in [3.63, 3.8) is 0 Å². The molecule has 1 N–H and O–H groups in total. The normalized spacial score (nSPS) is 19.4. The number of esters is 1. The van der Waals surface area contributed by atoms with Gasteiger partial charge in [-0.2, -0.15) is 4.31 Å². The van der Waals surface area contributed by atoms with Crippen molar-refractivity contribution >= 4 is 27.6 Å². The van der Waals surface area contributed by atoms with Crippen molar-refractivity contribution in [2.75, 3.05) is 25.0 Å². The number of nitrogens with one attached hydrogen (secondary N) is 1. The van der Waals surface area contributed by atoms with Gasteiger partial charge in [0.2, 0.25) is 10.0 Å². The Bertz CT molecular complexity index is 1070. The summed E-state index contributed by atoms with van der Waals surface area (Å²) in [4.78, 5) is 24.7. The van der Waals surface area contributed by atoms with Crippen LogP contribution in [-0.4, -0.2) is 44.3 Å². The standard InChI is InChI=1S/C24H30N2O5S/c1-16-12-17(2)14-26(13-16)32(29,30)21-10-8-20(9-11-21)24(28)31-15-22(27)25-23-18(3)6-5-7-19(23)4/h5-11,16-17H,12-15H2,1-4H3,(H,25,27)/t16-,17+. The summed E-state index contributed by atoms with van der Waals surface area (Å²) in [7, 11) is -3.62. The summed E-state index contributed by atoms with van der Waals surface area (Å²) in [5.74, 6) is -0.524. The fraction of sp³-hybridized carbons (Fsp3) is 0.417. The topological polar surface area (TPSA) is 92.8 Å². The van der Waals surface area contributed by atoms with Crippen LogP contribution in [0.3, 0.4) is 0 Å². The SMILES string of the molecule is Cc1cccc(C)c1NC(=O)COC(=O)c1ccc(S(=O)(=O)N2C[C@H](C)C[C@H](C)C2)cc1. The quantitative estimate of drug-likeness (QED) is 0.666. The lowest BCUT2D eigenvalue weighted by Gasteiger charge is -2.34. The minimum absolute atomic E-state index is 0.142. The number of sulfonamides is 1. The maximum atomic E-state index is 13.0. The number of amides is 1. The lowest BCUT2D eigenvalue weighted by molar-refractivity contribution is -0.119. The van der Waals surface area contributed by atoms with E-state index in [4.69, 9.17) is 4.74 Å². The van der Waals surface area contributed by atoms with E-state index in [1.807, 2.05) is 45.9 Å². The zero-order valence-electron chi connectivity index (χ0n) is 18.9. The van der Waals surface area contributed by atoms with Gasteiger partial charge >= 0.3 is 5.97 Å². The largest absolute Gasteiger partial charge is 0.452 e. The van der Waals surface area contributed by atoms with E-state index in [1.165, 1.54) is 28.6 Å². The van der Waals surface area contributed by atoms with Crippen molar-refractivity contribution in [3.05, 3.63) is 59.2 Å². The van der Waals surface area contributed by atoms with Crippen LogP contribution < -0.4 is 5.32 Å². The molecule has 172 valence electrons. The number of ether oxygens (including phenoxy) is 1. The summed E-state index contributed by atoms with van der Waals surface area (Å²) in [6.45, 7) is 8.42. The van der Waals surface area contributed by atoms with Crippen molar-refractivity contribution in [1.29, 1.82) is 0 Å². The summed E-state index contributed by atoms with van der Waals surface area (Å²) in [5, 5.41) is 2.76. The molecule has 0 unspecified atom stereocenters. The van der Waals surface area contributed by atoms with E-state index < -0.39 is 28.5 Å². The molecule has 2 atom stereocenters. The van der Waals surface area contributed by atoms with Gasteiger partial charge in [-0.15, -0.1) is 0 Å². The van der Waals surface area contributed by atoms with E-state index in [9.17, 15) is 18.0 Å². The van der Waals surface area contributed by atoms with Gasteiger partial charge in [0.15, 0.2) is 6.61 Å². The maximum Gasteiger partial charge on any atom is 0.338 e. The summed E-state index contributed by atoms with van der Waals surface area (Å²) in [6.07, 6.45) is 1.01. The number of aryl methyl sites for hydroxylation is 2. The Morgan fingerprint density at radius 3 is 2.12 bits per heavy atom. The van der Waals surface area contributed by atoms with Gasteiger partial charge in [0.1, 0.15) is 0 Å². The molecule has 1 aliphatic heterocycles. The molecular weight excluding hydrogens is 428 g/mol. The monoisotopic (exact) mass is 458 g/mol. The van der Waals surface area contributed by atoms with E-state index in [-0.39, 0.29) is 10.5 Å². The highest BCUT2D eigenvalue weighted by Crippen LogP contribution is 2.27. The molecule has 1 fully saturated rings. The summed E-state index contributed by atoms with van der Waals surface area (Å²) >= 11 is 0. The van der Waals surface area contributed by atoms with Gasteiger partial charge in [-0.3, -0.25) is 4.79 Å². The predicted molar refractivity (Wildman–Crippen MR) is 123 cm³/mol. The van der Waals surface area contributed by atoms with Crippen molar-refractivity contribution in [2.24, 2.45) is 11.8 Å². The summed E-state index contributed by atoms with van der Waals surface area (Å²) < 4.78 is 32.5. The third-order valence-corrected chi connectivity index (χ3v) is 7.49. The van der Waals surface area contributed by atoms with Crippen molar-refractivity contribution in [1.82, 2.24) is 4.31 Å². The molecule has 3 rings (SSSR count). The van der Waals surface area contributed by atoms with Crippen LogP contribution in [0.1, 0.15) is 41.8 Å². The van der Waals surface area contributed by atoms with E-state index in [2.05, 4.69) is 5.32 Å². The second-order valence-corrected chi connectivity index (χ2v) is 10.6. The average Bonchev–Trinajstić information content (AvgIpc) is 2.74. The van der Waals surface area contributed by atoms with Gasteiger partial charge in [0.05, 0.1) is 10.5 Å². The van der Waals surface area contributed by atoms with Crippen LogP contribution in [0.4, 0.5) is 5.69 Å². The van der Waals surface area contributed by atoms with Crippen LogP contribution in [-0.2, 0) is 19.6 Å². The minimum Gasteiger partial charge on any atom is -0.452 e. The molecule has 2 aromatic rings. The molecular formula is C24H30N2O5S. The molecule has 0 aromatic heterocycles. The van der Waals surface area contributed by atoms with Crippen LogP contribution >= 0.6 is 0 Å². The van der Waals surface area contributed by atoms with Gasteiger partial charge in [0.25, 0.3) is 5.91 Å². The second-order valence-electron chi connectivity index (χ2n) is 8.68. The number of carbonyl (C=O) groups is 2. The molecule has 0 saturated carbocycles. The smallest absolute Gasteiger partial charge is 0.338 e. The van der Waals surface area contributed by atoms with Crippen LogP contribution in [0, 0.1) is 25.7 Å². The number of rotatable bonds is 6. The zero-order chi connectivity index (χ0) is 23.5. The third kappa shape index (κ3) is 5.55. The first-order valence-corrected chi connectivity index (χ1v) is 12.2. The molecule has 1 aliphatic rings. The molecule has 1 heterocycles. The van der Waals surface area contributed by atoms with E-state index in [1.54, 1.807) is 0 Å². The Morgan fingerprint density at radius 1 is 1.00 bits per heavy atom. The average molecular weight is 459 g/mol. The predicted octanol–water partition coefficient (Wildman–Crippen LogP) is 3.77. The van der Waals surface area contributed by atoms with Gasteiger partial charge in [-0.25, -0.2) is 13.2 Å². The minimum atomic E-state index is -3.62. The van der Waals surface area contributed by atoms with Crippen molar-refractivity contribution in [2.45, 2.75) is 39.0 Å². The highest BCUT2D eigenvalue weighted by Gasteiger charge is 2.31. The molecule has 0 spiro atoms. The number of para-hydroxylation sites is 1. The first-order chi connectivity index (χ1) is 15.1. The fourth-order valence-corrected chi connectivity index (χ4v) is 5.80. The Kier molecular flexibility index (Phi) is 7.36. The molecule has 32 heavy (non-hydrogen) atoms. The molecule has 0 bridgehead atoms. The van der Waals surface area contributed by atoms with E-state index >= 15 is 0 Å². The third-order valence-electron chi connectivity index (χ3n) is 5.64. The van der Waals surface area contributed by atoms with Gasteiger partial charge in [0, 0.05) is 18.8 Å². The van der Waals surface area contributed by atoms with Crippen molar-refractivity contribution < 1.29 is 22.7 Å². The molecule has 7 nitrogen and oxygen atoms in total. The lowest BCUT2D eigenvalue weighted by Crippen LogP contribution is -2.42. The summed E-state index contributed by atoms with van der Waals surface area (Å²) in [5.41, 5.74) is 2.71. The zero-order valence-corrected chi connectivity index (χ0v) is 19.7. The number of nitrogens with zero attached hydrogens (tertiary/aromatic N) is 1. The highest BCUT2D eigenvalue weighted by atomic mass is 32.2. The molecule has 1 saturated heterocycles. The van der Waals surface area contributed by atoms with Crippen LogP contribution in [0.15, 0.2) is 47.4 Å². The van der Waals surface area contributed by atoms with Crippen LogP contribution in [0.25, 0.3) is 0 Å². The van der Waals surface area contributed by atoms with E-state index in [0.717, 1.165) is 17.5 Å². The fourth-order valence-electron chi connectivity index (χ4n) is 4.12. The first-order valence-electron chi connectivity index (χ1n) is 10.7. The molecule has 1 amide bonds. The Morgan fingerprint density at radius 2 is 1.56 bits per heavy atom. The number of anilines is 1. The second kappa shape index (κ2) is 9.83. The number of carbonyl (C=O) groups excluding carboxylic acids is 2. The Hall–Kier alpha value is -2.71. The molecule has 0 radical (unpaired) electrons. The number of benzene rings is 2. The Labute approximate surface area is 189 Å². The highest BCUT2D eigenvalue weighted by molar-refractivity contribution is 7.89. The molecule has 0 aliphatic carbocycles. The maximum absolute atomic E-state index is 13.0. The Balaban J connectivity index is 1.61. The molecule has 8 heteroatoms. The number of hydrogen-bond acceptors (Lipinski definition) is 5. The first kappa shape index (κ1) is 23.9. The lowest BCUT2D eigenvalue weighted by atomic mass is 9.94. The van der Waals surface area contributed by atoms with E-state index in [0.29, 0.717) is 30.6 Å². The number of piperidine rings is 1. The van der Waals surface area contributed by atoms with Crippen LogP contribution in [0.5, 0.6) is 0 Å². The van der Waals surface area contributed by atoms with Gasteiger partial charge in [-0.05, 0) is 67.5 Å². The molecule has 2 aromatic carbocycles. The van der Waals surface area contributed by atoms with Gasteiger partial charge < -0.3 is 10.1 Å².